The van der Waals surface area contributed by atoms with Gasteiger partial charge in [0.2, 0.25) is 11.8 Å². The third kappa shape index (κ3) is 5.17. The number of nitrogens with zero attached hydrogens (tertiary/aromatic N) is 3. The van der Waals surface area contributed by atoms with Crippen molar-refractivity contribution in [2.75, 3.05) is 24.8 Å². The number of benzene rings is 1. The number of methoxy groups -OCH3 is 1. The van der Waals surface area contributed by atoms with Crippen LogP contribution in [0.3, 0.4) is 0 Å². The second-order valence-electron chi connectivity index (χ2n) is 8.13. The summed E-state index contributed by atoms with van der Waals surface area (Å²) < 4.78 is 5.25. The van der Waals surface area contributed by atoms with Crippen LogP contribution in [-0.2, 0) is 12.8 Å². The molecule has 1 aromatic carbocycles. The molecular formula is C24H27ClN6O2. The van der Waals surface area contributed by atoms with E-state index in [1.165, 1.54) is 37.3 Å². The van der Waals surface area contributed by atoms with E-state index in [0.717, 1.165) is 24.4 Å². The molecule has 33 heavy (non-hydrogen) atoms. The summed E-state index contributed by atoms with van der Waals surface area (Å²) in [5.41, 5.74) is 4.43. The molecule has 0 spiro atoms. The number of carbonyl (C=O) groups excluding carboxylic acids is 1. The Labute approximate surface area is 198 Å². The fourth-order valence-corrected chi connectivity index (χ4v) is 4.08. The van der Waals surface area contributed by atoms with Crippen molar-refractivity contribution in [3.05, 3.63) is 58.4 Å². The van der Waals surface area contributed by atoms with Crippen molar-refractivity contribution >= 4 is 40.6 Å². The zero-order chi connectivity index (χ0) is 23.4. The molecule has 0 saturated heterocycles. The van der Waals surface area contributed by atoms with Crippen molar-refractivity contribution in [1.29, 1.82) is 0 Å². The van der Waals surface area contributed by atoms with Gasteiger partial charge < -0.3 is 20.7 Å². The Balaban J connectivity index is 1.59. The Hall–Kier alpha value is -3.39. The number of anilines is 4. The third-order valence-corrected chi connectivity index (χ3v) is 6.11. The number of nitrogens with one attached hydrogen (secondary N) is 3. The maximum Gasteiger partial charge on any atom is 0.258 e. The molecule has 8 nitrogen and oxygen atoms in total. The first kappa shape index (κ1) is 22.8. The summed E-state index contributed by atoms with van der Waals surface area (Å²) in [4.78, 5) is 25.4. The summed E-state index contributed by atoms with van der Waals surface area (Å²) in [5.74, 6) is 1.35. The summed E-state index contributed by atoms with van der Waals surface area (Å²) in [7, 11) is 3.00. The van der Waals surface area contributed by atoms with Crippen LogP contribution in [0.25, 0.3) is 0 Å². The van der Waals surface area contributed by atoms with E-state index in [0.29, 0.717) is 22.5 Å². The fourth-order valence-electron chi connectivity index (χ4n) is 3.95. The van der Waals surface area contributed by atoms with E-state index in [-0.39, 0.29) is 17.4 Å². The number of carbonyl (C=O) groups is 1. The van der Waals surface area contributed by atoms with Crippen LogP contribution in [0.4, 0.5) is 23.1 Å². The molecule has 0 radical (unpaired) electrons. The SMILES string of the molecule is CNC(=O)c1c(Nc2nc(Nc3ccc4c(c3)CCC(C)CC4)ncc2Cl)ccnc1OC. The monoisotopic (exact) mass is 466 g/mol. The average molecular weight is 467 g/mol. The van der Waals surface area contributed by atoms with Crippen LogP contribution in [-0.4, -0.2) is 35.0 Å². The molecule has 1 unspecified atom stereocenters. The van der Waals surface area contributed by atoms with Crippen LogP contribution >= 0.6 is 11.6 Å². The van der Waals surface area contributed by atoms with Crippen LogP contribution in [0, 0.1) is 5.92 Å². The van der Waals surface area contributed by atoms with E-state index >= 15 is 0 Å². The zero-order valence-electron chi connectivity index (χ0n) is 18.9. The zero-order valence-corrected chi connectivity index (χ0v) is 19.7. The van der Waals surface area contributed by atoms with Gasteiger partial charge in [0.15, 0.2) is 5.82 Å². The largest absolute Gasteiger partial charge is 0.480 e. The normalized spacial score (nSPS) is 15.2. The van der Waals surface area contributed by atoms with Gasteiger partial charge in [-0.2, -0.15) is 4.98 Å². The molecule has 2 aromatic heterocycles. The summed E-state index contributed by atoms with van der Waals surface area (Å²) in [5, 5.41) is 9.30. The molecule has 0 bridgehead atoms. The molecule has 3 N–H and O–H groups in total. The first-order chi connectivity index (χ1) is 16.0. The number of hydrogen-bond donors (Lipinski definition) is 3. The highest BCUT2D eigenvalue weighted by Crippen LogP contribution is 2.31. The number of hydrogen-bond acceptors (Lipinski definition) is 7. The smallest absolute Gasteiger partial charge is 0.258 e. The molecule has 1 aliphatic rings. The van der Waals surface area contributed by atoms with Crippen LogP contribution in [0.1, 0.15) is 41.3 Å². The number of ether oxygens (including phenoxy) is 1. The molecule has 172 valence electrons. The Kier molecular flexibility index (Phi) is 6.93. The van der Waals surface area contributed by atoms with Gasteiger partial charge in [-0.1, -0.05) is 24.6 Å². The van der Waals surface area contributed by atoms with E-state index in [1.54, 1.807) is 19.3 Å². The van der Waals surface area contributed by atoms with Crippen LogP contribution < -0.4 is 20.7 Å². The standard InChI is InChI=1S/C24H27ClN6O2/c1-14-4-6-15-8-9-17(12-16(15)7-5-14)29-24-28-13-18(25)21(31-24)30-19-10-11-27-23(33-3)20(19)22(32)26-2/h8-14H,4-7H2,1-3H3,(H,26,32)(H2,27,28,29,30,31). The fraction of sp³-hybridized carbons (Fsp3) is 0.333. The van der Waals surface area contributed by atoms with Gasteiger partial charge >= 0.3 is 0 Å². The molecule has 1 aliphatic carbocycles. The number of aryl methyl sites for hydroxylation is 2. The van der Waals surface area contributed by atoms with Gasteiger partial charge in [-0.3, -0.25) is 4.79 Å². The molecule has 2 heterocycles. The quantitative estimate of drug-likeness (QED) is 0.444. The first-order valence-corrected chi connectivity index (χ1v) is 11.3. The molecule has 0 fully saturated rings. The van der Waals surface area contributed by atoms with Crippen molar-refractivity contribution in [2.24, 2.45) is 5.92 Å². The molecule has 4 rings (SSSR count). The minimum Gasteiger partial charge on any atom is -0.480 e. The minimum atomic E-state index is -0.342. The highest BCUT2D eigenvalue weighted by Gasteiger charge is 2.19. The molecule has 1 amide bonds. The lowest BCUT2D eigenvalue weighted by Gasteiger charge is -2.15. The van der Waals surface area contributed by atoms with E-state index in [9.17, 15) is 4.79 Å². The Morgan fingerprint density at radius 3 is 2.67 bits per heavy atom. The number of rotatable bonds is 6. The summed E-state index contributed by atoms with van der Waals surface area (Å²) in [6, 6.07) is 8.07. The van der Waals surface area contributed by atoms with Gasteiger partial charge in [0, 0.05) is 18.9 Å². The highest BCUT2D eigenvalue weighted by molar-refractivity contribution is 6.33. The topological polar surface area (TPSA) is 101 Å². The molecular weight excluding hydrogens is 440 g/mol. The van der Waals surface area contributed by atoms with E-state index < -0.39 is 0 Å². The van der Waals surface area contributed by atoms with Crippen molar-refractivity contribution in [1.82, 2.24) is 20.3 Å². The summed E-state index contributed by atoms with van der Waals surface area (Å²) >= 11 is 6.35. The third-order valence-electron chi connectivity index (χ3n) is 5.84. The minimum absolute atomic E-state index is 0.196. The average Bonchev–Trinajstić information content (AvgIpc) is 3.01. The molecule has 3 aromatic rings. The van der Waals surface area contributed by atoms with Gasteiger partial charge in [0.1, 0.15) is 10.6 Å². The van der Waals surface area contributed by atoms with Crippen molar-refractivity contribution in [3.63, 3.8) is 0 Å². The van der Waals surface area contributed by atoms with Gasteiger partial charge in [0.25, 0.3) is 5.91 Å². The molecule has 0 saturated carbocycles. The van der Waals surface area contributed by atoms with Crippen LogP contribution in [0.2, 0.25) is 5.02 Å². The highest BCUT2D eigenvalue weighted by atomic mass is 35.5. The number of pyridine rings is 1. The van der Waals surface area contributed by atoms with Gasteiger partial charge in [-0.05, 0) is 60.9 Å². The first-order valence-electron chi connectivity index (χ1n) is 10.9. The molecule has 9 heteroatoms. The molecule has 1 atom stereocenters. The van der Waals surface area contributed by atoms with Gasteiger partial charge in [0.05, 0.1) is 19.0 Å². The number of fused-ring (bicyclic) bond motifs is 1. The van der Waals surface area contributed by atoms with Crippen molar-refractivity contribution < 1.29 is 9.53 Å². The maximum atomic E-state index is 12.4. The van der Waals surface area contributed by atoms with E-state index in [4.69, 9.17) is 16.3 Å². The Bertz CT molecular complexity index is 1170. The van der Waals surface area contributed by atoms with Gasteiger partial charge in [-0.15, -0.1) is 0 Å². The summed E-state index contributed by atoms with van der Waals surface area (Å²) in [6.45, 7) is 2.31. The second kappa shape index (κ2) is 10.0. The van der Waals surface area contributed by atoms with Gasteiger partial charge in [-0.25, -0.2) is 9.97 Å². The number of amides is 1. The lowest BCUT2D eigenvalue weighted by Crippen LogP contribution is -2.20. The number of halogens is 1. The Morgan fingerprint density at radius 2 is 1.91 bits per heavy atom. The Morgan fingerprint density at radius 1 is 1.12 bits per heavy atom. The summed E-state index contributed by atoms with van der Waals surface area (Å²) in [6.07, 6.45) is 7.68. The molecule has 0 aliphatic heterocycles. The predicted octanol–water partition coefficient (Wildman–Crippen LogP) is 4.90. The van der Waals surface area contributed by atoms with Crippen LogP contribution in [0.15, 0.2) is 36.7 Å². The lowest BCUT2D eigenvalue weighted by molar-refractivity contribution is 0.0960. The second-order valence-corrected chi connectivity index (χ2v) is 8.54. The van der Waals surface area contributed by atoms with E-state index in [2.05, 4.69) is 56.0 Å². The van der Waals surface area contributed by atoms with Crippen LogP contribution in [0.5, 0.6) is 5.88 Å². The van der Waals surface area contributed by atoms with Crippen molar-refractivity contribution in [3.8, 4) is 5.88 Å². The lowest BCUT2D eigenvalue weighted by atomic mass is 10.0. The predicted molar refractivity (Wildman–Crippen MR) is 130 cm³/mol. The maximum absolute atomic E-state index is 12.4. The number of aromatic nitrogens is 3. The van der Waals surface area contributed by atoms with E-state index in [1.807, 2.05) is 0 Å². The van der Waals surface area contributed by atoms with Crippen molar-refractivity contribution in [2.45, 2.75) is 32.6 Å².